The van der Waals surface area contributed by atoms with Crippen LogP contribution in [-0.4, -0.2) is 43.7 Å². The number of hydrogen-bond acceptors (Lipinski definition) is 6. The van der Waals surface area contributed by atoms with Crippen molar-refractivity contribution >= 4 is 11.7 Å². The number of hydrogen-bond donors (Lipinski definition) is 4. The molecule has 9 heteroatoms. The fraction of sp³-hybridized carbons (Fsp3) is 0.556. The first-order valence-electron chi connectivity index (χ1n) is 5.21. The minimum Gasteiger partial charge on any atom is -0.390 e. The Morgan fingerprint density at radius 3 is 2.89 bits per heavy atom. The van der Waals surface area contributed by atoms with Crippen molar-refractivity contribution in [3.05, 3.63) is 22.1 Å². The van der Waals surface area contributed by atoms with Crippen LogP contribution in [0.4, 0.5) is 5.82 Å². The van der Waals surface area contributed by atoms with Crippen LogP contribution < -0.4 is 5.32 Å². The summed E-state index contributed by atoms with van der Waals surface area (Å²) in [4.78, 5) is 26.3. The van der Waals surface area contributed by atoms with Crippen molar-refractivity contribution in [1.29, 1.82) is 0 Å². The molecule has 0 radical (unpaired) electrons. The molecule has 1 heterocycles. The summed E-state index contributed by atoms with van der Waals surface area (Å²) in [5.74, 6) is -0.719. The molecule has 100 valence electrons. The predicted molar refractivity (Wildman–Crippen MR) is 59.5 cm³/mol. The summed E-state index contributed by atoms with van der Waals surface area (Å²) in [5.41, 5.74) is -0.227. The van der Waals surface area contributed by atoms with Crippen LogP contribution in [0.25, 0.3) is 0 Å². The van der Waals surface area contributed by atoms with Crippen LogP contribution in [0.1, 0.15) is 25.1 Å². The Morgan fingerprint density at radius 1 is 1.67 bits per heavy atom. The van der Waals surface area contributed by atoms with Gasteiger partial charge >= 0.3 is 5.82 Å². The van der Waals surface area contributed by atoms with Gasteiger partial charge in [0.1, 0.15) is 6.10 Å². The van der Waals surface area contributed by atoms with Gasteiger partial charge in [-0.25, -0.2) is 9.97 Å². The molecule has 0 bridgehead atoms. The number of nitro groups is 1. The van der Waals surface area contributed by atoms with Crippen molar-refractivity contribution in [1.82, 2.24) is 15.3 Å². The van der Waals surface area contributed by atoms with Crippen molar-refractivity contribution in [3.63, 3.8) is 0 Å². The summed E-state index contributed by atoms with van der Waals surface area (Å²) in [6.45, 7) is 1.48. The third kappa shape index (κ3) is 3.50. The fourth-order valence-corrected chi connectivity index (χ4v) is 1.40. The monoisotopic (exact) mass is 258 g/mol. The third-order valence-electron chi connectivity index (χ3n) is 2.29. The Kier molecular flexibility index (Phi) is 4.75. The number of aliphatic hydroxyl groups is 2. The van der Waals surface area contributed by atoms with E-state index in [4.69, 9.17) is 0 Å². The summed E-state index contributed by atoms with van der Waals surface area (Å²) in [6.07, 6.45) is -1.61. The van der Waals surface area contributed by atoms with Crippen LogP contribution in [0.3, 0.4) is 0 Å². The van der Waals surface area contributed by atoms with E-state index in [1.807, 2.05) is 0 Å². The minimum absolute atomic E-state index is 0.0603. The van der Waals surface area contributed by atoms with E-state index >= 15 is 0 Å². The molecule has 0 aromatic carbocycles. The second-order valence-electron chi connectivity index (χ2n) is 3.68. The first-order chi connectivity index (χ1) is 8.43. The number of amides is 1. The van der Waals surface area contributed by atoms with E-state index in [1.165, 1.54) is 6.92 Å². The molecule has 0 aliphatic rings. The van der Waals surface area contributed by atoms with Crippen LogP contribution in [0.2, 0.25) is 0 Å². The molecule has 4 N–H and O–H groups in total. The van der Waals surface area contributed by atoms with Crippen molar-refractivity contribution < 1.29 is 19.9 Å². The van der Waals surface area contributed by atoms with Gasteiger partial charge in [0.2, 0.25) is 5.91 Å². The van der Waals surface area contributed by atoms with Gasteiger partial charge in [-0.1, -0.05) is 0 Å². The second-order valence-corrected chi connectivity index (χ2v) is 3.68. The number of aliphatic hydroxyl groups excluding tert-OH is 2. The first-order valence-corrected chi connectivity index (χ1v) is 5.21. The number of carbonyl (C=O) groups excluding carboxylic acids is 1. The summed E-state index contributed by atoms with van der Waals surface area (Å²) in [6, 6.07) is 0. The van der Waals surface area contributed by atoms with Gasteiger partial charge in [-0.05, 0) is 11.3 Å². The van der Waals surface area contributed by atoms with Crippen LogP contribution in [0.15, 0.2) is 6.33 Å². The smallest absolute Gasteiger partial charge is 0.346 e. The predicted octanol–water partition coefficient (Wildman–Crippen LogP) is -0.762. The van der Waals surface area contributed by atoms with Crippen LogP contribution in [0.5, 0.6) is 0 Å². The second kappa shape index (κ2) is 6.07. The molecule has 0 spiro atoms. The van der Waals surface area contributed by atoms with Crippen LogP contribution >= 0.6 is 0 Å². The maximum Gasteiger partial charge on any atom is 0.346 e. The third-order valence-corrected chi connectivity index (χ3v) is 2.29. The van der Waals surface area contributed by atoms with E-state index in [2.05, 4.69) is 15.3 Å². The van der Waals surface area contributed by atoms with E-state index < -0.39 is 22.9 Å². The van der Waals surface area contributed by atoms with E-state index in [0.717, 1.165) is 6.33 Å². The number of H-pyrrole nitrogens is 1. The van der Waals surface area contributed by atoms with Crippen molar-refractivity contribution in [2.45, 2.75) is 25.6 Å². The number of imidazole rings is 1. The van der Waals surface area contributed by atoms with Gasteiger partial charge in [-0.15, -0.1) is 0 Å². The quantitative estimate of drug-likeness (QED) is 0.390. The molecule has 0 fully saturated rings. The Bertz CT molecular complexity index is 432. The lowest BCUT2D eigenvalue weighted by molar-refractivity contribution is -0.390. The summed E-state index contributed by atoms with van der Waals surface area (Å²) in [7, 11) is 0. The molecular weight excluding hydrogens is 244 g/mol. The highest BCUT2D eigenvalue weighted by Gasteiger charge is 2.28. The van der Waals surface area contributed by atoms with Crippen molar-refractivity contribution in [3.8, 4) is 0 Å². The maximum absolute atomic E-state index is 10.6. The van der Waals surface area contributed by atoms with Gasteiger partial charge in [0, 0.05) is 13.5 Å². The molecule has 1 rings (SSSR count). The summed E-state index contributed by atoms with van der Waals surface area (Å²) >= 11 is 0. The molecule has 2 atom stereocenters. The average Bonchev–Trinajstić information content (AvgIpc) is 2.76. The van der Waals surface area contributed by atoms with Gasteiger partial charge in [0.05, 0.1) is 6.10 Å². The average molecular weight is 258 g/mol. The highest BCUT2D eigenvalue weighted by Crippen LogP contribution is 2.24. The zero-order valence-corrected chi connectivity index (χ0v) is 9.66. The molecule has 0 saturated heterocycles. The molecule has 1 aromatic heterocycles. The molecular formula is C9H14N4O5. The maximum atomic E-state index is 10.6. The normalized spacial score (nSPS) is 13.9. The molecule has 2 unspecified atom stereocenters. The zero-order chi connectivity index (χ0) is 13.7. The van der Waals surface area contributed by atoms with Crippen molar-refractivity contribution in [2.75, 3.05) is 6.54 Å². The lowest BCUT2D eigenvalue weighted by atomic mass is 10.1. The van der Waals surface area contributed by atoms with E-state index in [-0.39, 0.29) is 24.6 Å². The number of aromatic nitrogens is 2. The van der Waals surface area contributed by atoms with E-state index in [1.54, 1.807) is 0 Å². The molecule has 1 aromatic rings. The summed E-state index contributed by atoms with van der Waals surface area (Å²) in [5, 5.41) is 32.4. The Balaban J connectivity index is 2.62. The Hall–Kier alpha value is -2.00. The number of nitrogens with zero attached hydrogens (tertiary/aromatic N) is 2. The SMILES string of the molecule is CC(=O)NCCC(O)C(O)c1nc[nH]c1[N+](=O)[O-]. The summed E-state index contributed by atoms with van der Waals surface area (Å²) < 4.78 is 0. The lowest BCUT2D eigenvalue weighted by Gasteiger charge is -2.15. The van der Waals surface area contributed by atoms with Gasteiger partial charge in [0.25, 0.3) is 0 Å². The molecule has 0 aliphatic heterocycles. The topological polar surface area (TPSA) is 141 Å². The molecule has 9 nitrogen and oxygen atoms in total. The Morgan fingerprint density at radius 2 is 2.33 bits per heavy atom. The highest BCUT2D eigenvalue weighted by molar-refractivity contribution is 5.72. The Labute approximate surface area is 102 Å². The number of nitrogens with one attached hydrogen (secondary N) is 2. The van der Waals surface area contributed by atoms with Crippen LogP contribution in [-0.2, 0) is 4.79 Å². The molecule has 0 aliphatic carbocycles. The number of aromatic amines is 1. The van der Waals surface area contributed by atoms with E-state index in [9.17, 15) is 25.1 Å². The minimum atomic E-state index is -1.48. The van der Waals surface area contributed by atoms with Gasteiger partial charge < -0.3 is 25.6 Å². The molecule has 1 amide bonds. The molecule has 18 heavy (non-hydrogen) atoms. The van der Waals surface area contributed by atoms with Gasteiger partial charge in [-0.2, -0.15) is 0 Å². The van der Waals surface area contributed by atoms with Gasteiger partial charge in [-0.3, -0.25) is 4.79 Å². The number of rotatable bonds is 6. The van der Waals surface area contributed by atoms with Crippen LogP contribution in [0, 0.1) is 10.1 Å². The number of carbonyl (C=O) groups is 1. The fourth-order valence-electron chi connectivity index (χ4n) is 1.40. The largest absolute Gasteiger partial charge is 0.390 e. The van der Waals surface area contributed by atoms with Gasteiger partial charge in [0.15, 0.2) is 12.0 Å². The van der Waals surface area contributed by atoms with E-state index in [0.29, 0.717) is 0 Å². The zero-order valence-electron chi connectivity index (χ0n) is 9.66. The standard InChI is InChI=1S/C9H14N4O5/c1-5(14)10-3-2-6(15)8(16)7-9(13(17)18)12-4-11-7/h4,6,8,15-16H,2-3H2,1H3,(H,10,14)(H,11,12). The van der Waals surface area contributed by atoms with Crippen molar-refractivity contribution in [2.24, 2.45) is 0 Å². The highest BCUT2D eigenvalue weighted by atomic mass is 16.6. The lowest BCUT2D eigenvalue weighted by Crippen LogP contribution is -2.28. The first kappa shape index (κ1) is 14.1. The molecule has 0 saturated carbocycles.